The average molecular weight is 591 g/mol. The third kappa shape index (κ3) is 5.81. The first kappa shape index (κ1) is 26.5. The highest BCUT2D eigenvalue weighted by Crippen LogP contribution is 2.41. The van der Waals surface area contributed by atoms with Gasteiger partial charge in [-0.1, -0.05) is 34.1 Å². The van der Waals surface area contributed by atoms with Gasteiger partial charge in [-0.15, -0.1) is 0 Å². The molecule has 3 aromatic carbocycles. The molecule has 1 aliphatic carbocycles. The third-order valence-corrected chi connectivity index (χ3v) is 7.45. The Morgan fingerprint density at radius 1 is 1.08 bits per heavy atom. The number of carbonyl (C=O) groups excluding carboxylic acids is 2. The minimum absolute atomic E-state index is 0.121. The number of hydrogen-bond donors (Lipinski definition) is 5. The highest BCUT2D eigenvalue weighted by Gasteiger charge is 2.32. The molecule has 5 N–H and O–H groups in total. The van der Waals surface area contributed by atoms with Crippen molar-refractivity contribution in [2.45, 2.75) is 24.8 Å². The van der Waals surface area contributed by atoms with E-state index in [1.54, 1.807) is 36.4 Å². The van der Waals surface area contributed by atoms with E-state index in [0.717, 1.165) is 45.0 Å². The molecular formula is C29H27BrN4O5. The number of nitrogens with one attached hydrogen (secondary N) is 4. The number of aromatic amines is 1. The van der Waals surface area contributed by atoms with Gasteiger partial charge in [0, 0.05) is 44.3 Å². The van der Waals surface area contributed by atoms with Crippen molar-refractivity contribution in [3.05, 3.63) is 93.6 Å². The molecule has 1 heterocycles. The minimum Gasteiger partial charge on any atom is -0.480 e. The maximum absolute atomic E-state index is 12.9. The van der Waals surface area contributed by atoms with Crippen LogP contribution in [0.4, 0.5) is 10.5 Å². The molecule has 0 radical (unpaired) electrons. The van der Waals surface area contributed by atoms with Crippen molar-refractivity contribution in [1.29, 1.82) is 0 Å². The van der Waals surface area contributed by atoms with Crippen molar-refractivity contribution in [1.82, 2.24) is 15.6 Å². The van der Waals surface area contributed by atoms with E-state index in [1.165, 1.54) is 0 Å². The second-order valence-corrected chi connectivity index (χ2v) is 10.3. The summed E-state index contributed by atoms with van der Waals surface area (Å²) in [5.74, 6) is -1.21. The van der Waals surface area contributed by atoms with Crippen LogP contribution in [0.15, 0.2) is 71.2 Å². The first-order valence-electron chi connectivity index (χ1n) is 12.5. The van der Waals surface area contributed by atoms with Crippen molar-refractivity contribution in [3.8, 4) is 5.75 Å². The molecule has 2 unspecified atom stereocenters. The van der Waals surface area contributed by atoms with Crippen LogP contribution < -0.4 is 20.7 Å². The number of halogens is 1. The number of likely N-dealkylation sites (N-methyl/N-ethyl adjacent to an activating group) is 1. The van der Waals surface area contributed by atoms with Gasteiger partial charge in [0.1, 0.15) is 12.3 Å². The number of benzene rings is 3. The Bertz CT molecular complexity index is 1550. The summed E-state index contributed by atoms with van der Waals surface area (Å²) in [6.45, 7) is -0.450. The van der Waals surface area contributed by atoms with Gasteiger partial charge in [0.05, 0.1) is 0 Å². The van der Waals surface area contributed by atoms with Crippen LogP contribution >= 0.6 is 15.9 Å². The maximum Gasteiger partial charge on any atom is 0.417 e. The van der Waals surface area contributed by atoms with E-state index in [2.05, 4.69) is 36.9 Å². The highest BCUT2D eigenvalue weighted by atomic mass is 79.9. The molecule has 9 nitrogen and oxygen atoms in total. The zero-order valence-corrected chi connectivity index (χ0v) is 22.7. The molecule has 0 spiro atoms. The van der Waals surface area contributed by atoms with Gasteiger partial charge in [0.15, 0.2) is 0 Å². The lowest BCUT2D eigenvalue weighted by Crippen LogP contribution is -2.35. The molecule has 0 saturated heterocycles. The number of fused-ring (bicyclic) bond motifs is 3. The van der Waals surface area contributed by atoms with Crippen LogP contribution in [0.25, 0.3) is 10.9 Å². The van der Waals surface area contributed by atoms with Gasteiger partial charge in [-0.25, -0.2) is 4.79 Å². The fourth-order valence-electron chi connectivity index (χ4n) is 5.11. The molecule has 0 fully saturated rings. The fourth-order valence-corrected chi connectivity index (χ4v) is 5.37. The summed E-state index contributed by atoms with van der Waals surface area (Å²) in [7, 11) is 1.91. The largest absolute Gasteiger partial charge is 0.480 e. The zero-order valence-electron chi connectivity index (χ0n) is 21.1. The monoisotopic (exact) mass is 590 g/mol. The second kappa shape index (κ2) is 11.3. The molecule has 200 valence electrons. The lowest BCUT2D eigenvalue weighted by Gasteiger charge is -2.31. The summed E-state index contributed by atoms with van der Waals surface area (Å²) < 4.78 is 6.28. The van der Waals surface area contributed by atoms with E-state index in [-0.39, 0.29) is 12.0 Å². The average Bonchev–Trinajstić information content (AvgIpc) is 3.30. The molecule has 4 aromatic rings. The molecule has 0 aliphatic heterocycles. The Morgan fingerprint density at radius 2 is 1.85 bits per heavy atom. The normalized spacial score (nSPS) is 16.4. The molecular weight excluding hydrogens is 564 g/mol. The molecule has 2 amide bonds. The molecule has 0 saturated carbocycles. The van der Waals surface area contributed by atoms with Gasteiger partial charge in [-0.05, 0) is 79.5 Å². The van der Waals surface area contributed by atoms with E-state index < -0.39 is 24.5 Å². The van der Waals surface area contributed by atoms with Crippen molar-refractivity contribution < 1.29 is 24.2 Å². The number of ether oxygens (including phenoxy) is 1. The summed E-state index contributed by atoms with van der Waals surface area (Å²) in [6.07, 6.45) is 0.931. The summed E-state index contributed by atoms with van der Waals surface area (Å²) >= 11 is 3.36. The number of anilines is 1. The first-order chi connectivity index (χ1) is 18.8. The summed E-state index contributed by atoms with van der Waals surface area (Å²) in [5.41, 5.74) is 4.90. The second-order valence-electron chi connectivity index (χ2n) is 9.39. The quantitative estimate of drug-likeness (QED) is 0.205. The number of aliphatic carboxylic acids is 1. The topological polar surface area (TPSA) is 133 Å². The van der Waals surface area contributed by atoms with Gasteiger partial charge in [-0.3, -0.25) is 14.9 Å². The predicted molar refractivity (Wildman–Crippen MR) is 152 cm³/mol. The predicted octanol–water partition coefficient (Wildman–Crippen LogP) is 5.02. The number of carboxylic acids is 1. The summed E-state index contributed by atoms with van der Waals surface area (Å²) in [4.78, 5) is 40.0. The Kier molecular flexibility index (Phi) is 7.67. The van der Waals surface area contributed by atoms with Crippen molar-refractivity contribution >= 4 is 50.5 Å². The molecule has 5 rings (SSSR count). The van der Waals surface area contributed by atoms with E-state index >= 15 is 0 Å². The van der Waals surface area contributed by atoms with E-state index in [0.29, 0.717) is 17.0 Å². The Labute approximate surface area is 233 Å². The lowest BCUT2D eigenvalue weighted by molar-refractivity contribution is -0.135. The first-order valence-corrected chi connectivity index (χ1v) is 13.3. The van der Waals surface area contributed by atoms with Gasteiger partial charge in [-0.2, -0.15) is 0 Å². The number of hydrogen-bond acceptors (Lipinski definition) is 5. The third-order valence-electron chi connectivity index (χ3n) is 6.92. The van der Waals surface area contributed by atoms with E-state index in [9.17, 15) is 14.4 Å². The number of carboxylic acid groups (broad SMARTS) is 1. The molecule has 1 aliphatic rings. The van der Waals surface area contributed by atoms with Crippen LogP contribution in [0, 0.1) is 0 Å². The van der Waals surface area contributed by atoms with Crippen LogP contribution in [0.3, 0.4) is 0 Å². The Balaban J connectivity index is 1.46. The zero-order chi connectivity index (χ0) is 27.5. The molecule has 0 bridgehead atoms. The van der Waals surface area contributed by atoms with E-state index in [1.807, 2.05) is 37.4 Å². The van der Waals surface area contributed by atoms with Gasteiger partial charge < -0.3 is 25.5 Å². The molecule has 39 heavy (non-hydrogen) atoms. The number of rotatable bonds is 7. The van der Waals surface area contributed by atoms with Crippen LogP contribution in [-0.2, 0) is 11.2 Å². The minimum atomic E-state index is -1.10. The van der Waals surface area contributed by atoms with Gasteiger partial charge in [0.25, 0.3) is 5.91 Å². The fraction of sp³-hybridized carbons (Fsp3) is 0.207. The summed E-state index contributed by atoms with van der Waals surface area (Å²) in [5, 5.41) is 18.6. The number of aromatic nitrogens is 1. The van der Waals surface area contributed by atoms with Crippen LogP contribution in [0.2, 0.25) is 0 Å². The van der Waals surface area contributed by atoms with Crippen molar-refractivity contribution in [2.24, 2.45) is 0 Å². The SMILES string of the molecule is CNC1Cc2c([nH]c3ccc(NC(=O)Oc4ccc(Br)cc4)cc23)C(c2ccccc2C(=O)NCC(=O)O)C1. The van der Waals surface area contributed by atoms with E-state index in [4.69, 9.17) is 9.84 Å². The molecule has 1 aromatic heterocycles. The maximum atomic E-state index is 12.9. The van der Waals surface area contributed by atoms with Gasteiger partial charge in [0.2, 0.25) is 0 Å². The van der Waals surface area contributed by atoms with Crippen LogP contribution in [0.5, 0.6) is 5.75 Å². The Hall–Kier alpha value is -4.15. The molecule has 2 atom stereocenters. The standard InChI is InChI=1S/C29H27BrN4O5/c1-31-18-13-23(20-4-2-3-5-21(20)28(37)32-15-26(35)36)27-24(14-18)22-12-17(8-11-25(22)34-27)33-29(38)39-19-9-6-16(30)7-10-19/h2-12,18,23,31,34H,13-15H2,1H3,(H,32,37)(H,33,38)(H,35,36). The number of carbonyl (C=O) groups is 3. The smallest absolute Gasteiger partial charge is 0.417 e. The van der Waals surface area contributed by atoms with Crippen molar-refractivity contribution in [3.63, 3.8) is 0 Å². The Morgan fingerprint density at radius 3 is 2.59 bits per heavy atom. The lowest BCUT2D eigenvalue weighted by atomic mass is 9.78. The van der Waals surface area contributed by atoms with Crippen molar-refractivity contribution in [2.75, 3.05) is 18.9 Å². The molecule has 10 heteroatoms. The highest BCUT2D eigenvalue weighted by molar-refractivity contribution is 9.10. The van der Waals surface area contributed by atoms with Gasteiger partial charge >= 0.3 is 12.1 Å². The summed E-state index contributed by atoms with van der Waals surface area (Å²) in [6, 6.07) is 20.1. The van der Waals surface area contributed by atoms with Crippen LogP contribution in [0.1, 0.15) is 39.5 Å². The number of amides is 2. The number of H-pyrrole nitrogens is 1. The van der Waals surface area contributed by atoms with Crippen LogP contribution in [-0.4, -0.2) is 47.7 Å².